The average Bonchev–Trinajstić information content (AvgIpc) is 2.74. The Balaban J connectivity index is 1.90. The van der Waals surface area contributed by atoms with E-state index in [-0.39, 0.29) is 11.9 Å². The number of rotatable bonds is 6. The molecule has 1 aromatic heterocycles. The number of ketones is 1. The summed E-state index contributed by atoms with van der Waals surface area (Å²) in [5.41, 5.74) is 8.65. The number of carbonyl (C=O) groups is 1. The number of aromatic nitrogens is 1. The van der Waals surface area contributed by atoms with Gasteiger partial charge in [0, 0.05) is 34.0 Å². The number of pyridine rings is 1. The van der Waals surface area contributed by atoms with E-state index in [0.29, 0.717) is 27.5 Å². The summed E-state index contributed by atoms with van der Waals surface area (Å²) in [4.78, 5) is 19.5. The van der Waals surface area contributed by atoms with Crippen LogP contribution in [0.1, 0.15) is 35.5 Å². The summed E-state index contributed by atoms with van der Waals surface area (Å²) in [7, 11) is 0.710. The van der Waals surface area contributed by atoms with Crippen LogP contribution in [0.25, 0.3) is 0 Å². The van der Waals surface area contributed by atoms with Crippen molar-refractivity contribution in [3.8, 4) is 11.4 Å². The van der Waals surface area contributed by atoms with Crippen molar-refractivity contribution in [2.24, 2.45) is 0 Å². The normalized spacial score (nSPS) is 10.9. The minimum Gasteiger partial charge on any atom is -0.491 e. The highest BCUT2D eigenvalue weighted by atomic mass is 35.5. The van der Waals surface area contributed by atoms with Gasteiger partial charge in [0.25, 0.3) is 0 Å². The van der Waals surface area contributed by atoms with Crippen molar-refractivity contribution in [2.45, 2.75) is 31.8 Å². The summed E-state index contributed by atoms with van der Waals surface area (Å²) >= 11 is 6.21. The first-order chi connectivity index (χ1) is 14.8. The van der Waals surface area contributed by atoms with Gasteiger partial charge in [-0.1, -0.05) is 23.7 Å². The average molecular weight is 457 g/mol. The Hall–Kier alpha value is -2.92. The fourth-order valence-electron chi connectivity index (χ4n) is 3.06. The zero-order valence-electron chi connectivity index (χ0n) is 17.9. The summed E-state index contributed by atoms with van der Waals surface area (Å²) in [6.45, 7) is 5.78. The summed E-state index contributed by atoms with van der Waals surface area (Å²) in [6, 6.07) is 16.2. The quantitative estimate of drug-likeness (QED) is 0.334. The van der Waals surface area contributed by atoms with E-state index in [1.54, 1.807) is 48.4 Å². The molecule has 0 bridgehead atoms. The number of hydrogen-bond acceptors (Lipinski definition) is 5. The Kier molecular flexibility index (Phi) is 7.29. The van der Waals surface area contributed by atoms with Gasteiger partial charge in [0.1, 0.15) is 12.9 Å². The minimum atomic E-state index is -0.837. The molecule has 0 aliphatic heterocycles. The summed E-state index contributed by atoms with van der Waals surface area (Å²) in [5.74, 6) is 0.607. The molecule has 0 atom stereocenters. The van der Waals surface area contributed by atoms with Crippen molar-refractivity contribution >= 4 is 33.6 Å². The second-order valence-corrected chi connectivity index (χ2v) is 8.90. The van der Waals surface area contributed by atoms with Gasteiger partial charge >= 0.3 is 0 Å². The third-order valence-corrected chi connectivity index (χ3v) is 6.00. The van der Waals surface area contributed by atoms with Crippen molar-refractivity contribution in [2.75, 3.05) is 11.8 Å². The molecular weight excluding hydrogens is 432 g/mol. The van der Waals surface area contributed by atoms with Crippen LogP contribution >= 0.6 is 11.6 Å². The van der Waals surface area contributed by atoms with Crippen molar-refractivity contribution in [3.05, 3.63) is 82.6 Å². The molecule has 2 aromatic carbocycles. The predicted octanol–water partition coefficient (Wildman–Crippen LogP) is 4.61. The molecule has 3 rings (SSSR count). The number of anilines is 1. The van der Waals surface area contributed by atoms with Gasteiger partial charge in [0.05, 0.1) is 11.7 Å². The van der Waals surface area contributed by atoms with Gasteiger partial charge in [-0.2, -0.15) is 0 Å². The van der Waals surface area contributed by atoms with E-state index in [0.717, 1.165) is 10.6 Å². The highest BCUT2D eigenvalue weighted by molar-refractivity contribution is 7.87. The summed E-state index contributed by atoms with van der Waals surface area (Å²) in [5, 5.41) is 0.467. The number of ether oxygens (including phenoxy) is 1. The predicted molar refractivity (Wildman–Crippen MR) is 125 cm³/mol. The molecule has 0 saturated carbocycles. The number of hydrogen-bond donors (Lipinski definition) is 1. The maximum Gasteiger partial charge on any atom is 0.242 e. The Bertz CT molecular complexity index is 1170. The number of nitrogens with zero attached hydrogens (tertiary/aromatic N) is 1. The molecule has 5 nitrogen and oxygen atoms in total. The van der Waals surface area contributed by atoms with Crippen LogP contribution in [0.3, 0.4) is 0 Å². The zero-order chi connectivity index (χ0) is 22.5. The lowest BCUT2D eigenvalue weighted by Gasteiger charge is -2.25. The lowest BCUT2D eigenvalue weighted by molar-refractivity contribution is -0.889. The van der Waals surface area contributed by atoms with E-state index in [9.17, 15) is 4.79 Å². The molecule has 1 N–H and O–H groups in total. The van der Waals surface area contributed by atoms with Gasteiger partial charge in [-0.05, 0) is 50.2 Å². The highest BCUT2D eigenvalue weighted by Gasteiger charge is 2.22. The van der Waals surface area contributed by atoms with Crippen LogP contribution in [0.5, 0.6) is 5.75 Å². The lowest BCUT2D eigenvalue weighted by Crippen LogP contribution is -2.44. The molecule has 0 amide bonds. The van der Waals surface area contributed by atoms with Crippen molar-refractivity contribution in [1.82, 2.24) is 0 Å². The first-order valence-electron chi connectivity index (χ1n) is 9.72. The van der Waals surface area contributed by atoms with E-state index in [1.807, 2.05) is 45.0 Å². The zero-order valence-corrected chi connectivity index (χ0v) is 19.5. The van der Waals surface area contributed by atoms with E-state index < -0.39 is 10.5 Å². The highest BCUT2D eigenvalue weighted by Crippen LogP contribution is 2.26. The molecule has 7 heteroatoms. The molecule has 0 aliphatic carbocycles. The largest absolute Gasteiger partial charge is 0.491 e. The SMILES string of the molecule is C#[S-](Nc1ccc(Cl)cc1C(=O)c1ccc[n+](OC)c1C)c1ccc(OC(C)C)cc1. The van der Waals surface area contributed by atoms with Crippen LogP contribution in [0, 0.1) is 12.6 Å². The van der Waals surface area contributed by atoms with Crippen LogP contribution in [0.15, 0.2) is 65.7 Å². The fourth-order valence-corrected chi connectivity index (χ4v) is 4.19. The topological polar surface area (TPSA) is 51.4 Å². The van der Waals surface area contributed by atoms with Crippen LogP contribution < -0.4 is 19.0 Å². The van der Waals surface area contributed by atoms with E-state index in [2.05, 4.69) is 4.72 Å². The molecule has 1 heterocycles. The Morgan fingerprint density at radius 2 is 1.84 bits per heavy atom. The van der Waals surface area contributed by atoms with E-state index in [4.69, 9.17) is 26.9 Å². The Morgan fingerprint density at radius 1 is 1.13 bits per heavy atom. The van der Waals surface area contributed by atoms with Crippen LogP contribution in [0.2, 0.25) is 5.02 Å². The second-order valence-electron chi connectivity index (χ2n) is 7.11. The third kappa shape index (κ3) is 5.42. The Labute approximate surface area is 190 Å². The number of halogens is 1. The summed E-state index contributed by atoms with van der Waals surface area (Å²) < 4.78 is 10.5. The standard InChI is InChI=1S/C24H24ClN2O3S/c1-16(2)30-19-9-11-20(12-10-19)31(5)26-23-13-8-18(25)15-22(23)24(28)21-7-6-14-27(29-4)17(21)3/h5-16H,1-4H3/q-1/p+1. The number of nitrogens with one attached hydrogen (secondary N) is 1. The Morgan fingerprint density at radius 3 is 2.48 bits per heavy atom. The minimum absolute atomic E-state index is 0.0981. The van der Waals surface area contributed by atoms with Gasteiger partial charge in [0.15, 0.2) is 0 Å². The molecule has 3 aromatic rings. The molecule has 0 spiro atoms. The smallest absolute Gasteiger partial charge is 0.242 e. The molecule has 0 unspecified atom stereocenters. The number of carbonyl (C=O) groups excluding carboxylic acids is 1. The van der Waals surface area contributed by atoms with Gasteiger partial charge in [-0.25, -0.2) is 0 Å². The molecule has 0 fully saturated rings. The van der Waals surface area contributed by atoms with Gasteiger partial charge < -0.3 is 19.9 Å². The van der Waals surface area contributed by atoms with Gasteiger partial charge in [-0.3, -0.25) is 15.3 Å². The van der Waals surface area contributed by atoms with Gasteiger partial charge in [0.2, 0.25) is 17.7 Å². The fraction of sp³-hybridized carbons (Fsp3) is 0.208. The second kappa shape index (κ2) is 9.92. The molecular formula is C24H25ClN2O3S. The molecule has 0 saturated heterocycles. The lowest BCUT2D eigenvalue weighted by atomic mass is 10.0. The van der Waals surface area contributed by atoms with E-state index in [1.165, 1.54) is 0 Å². The summed E-state index contributed by atoms with van der Waals surface area (Å²) in [6.07, 6.45) is 1.84. The maximum atomic E-state index is 13.4. The third-order valence-electron chi connectivity index (χ3n) is 4.54. The first kappa shape index (κ1) is 22.8. The molecule has 0 aliphatic rings. The number of benzene rings is 2. The first-order valence-corrected chi connectivity index (χ1v) is 11.4. The molecule has 31 heavy (non-hydrogen) atoms. The van der Waals surface area contributed by atoms with E-state index >= 15 is 0 Å². The van der Waals surface area contributed by atoms with Crippen LogP contribution in [-0.2, 0) is 10.5 Å². The molecule has 0 radical (unpaired) electrons. The van der Waals surface area contributed by atoms with Crippen LogP contribution in [-0.4, -0.2) is 19.0 Å². The van der Waals surface area contributed by atoms with Crippen molar-refractivity contribution in [3.63, 3.8) is 0 Å². The maximum absolute atomic E-state index is 13.4. The van der Waals surface area contributed by atoms with Crippen molar-refractivity contribution in [1.29, 1.82) is 0 Å². The monoisotopic (exact) mass is 456 g/mol. The van der Waals surface area contributed by atoms with Crippen LogP contribution in [0.4, 0.5) is 5.69 Å². The van der Waals surface area contributed by atoms with Crippen molar-refractivity contribution < 1.29 is 19.1 Å². The molecule has 162 valence electrons. The van der Waals surface area contributed by atoms with Gasteiger partial charge in [-0.15, -0.1) is 4.90 Å².